The minimum Gasteiger partial charge on any atom is -0.490 e. The zero-order valence-corrected chi connectivity index (χ0v) is 12.5. The third-order valence-corrected chi connectivity index (χ3v) is 4.26. The van der Waals surface area contributed by atoms with Gasteiger partial charge in [-0.15, -0.1) is 0 Å². The first-order valence-electron chi connectivity index (χ1n) is 7.89. The minimum atomic E-state index is 0.283. The number of benzene rings is 1. The van der Waals surface area contributed by atoms with Gasteiger partial charge in [0.25, 0.3) is 0 Å². The summed E-state index contributed by atoms with van der Waals surface area (Å²) in [6, 6.07) is 8.83. The molecule has 1 N–H and O–H groups in total. The van der Waals surface area contributed by atoms with Crippen molar-refractivity contribution in [3.05, 3.63) is 29.8 Å². The highest BCUT2D eigenvalue weighted by Gasteiger charge is 2.32. The van der Waals surface area contributed by atoms with Gasteiger partial charge in [-0.05, 0) is 49.4 Å². The van der Waals surface area contributed by atoms with Gasteiger partial charge in [0.1, 0.15) is 5.75 Å². The van der Waals surface area contributed by atoms with E-state index in [1.807, 2.05) is 0 Å². The zero-order chi connectivity index (χ0) is 13.9. The Hall–Kier alpha value is -1.06. The second-order valence-corrected chi connectivity index (χ2v) is 6.02. The second-order valence-electron chi connectivity index (χ2n) is 6.02. The molecule has 1 aliphatic heterocycles. The average Bonchev–Trinajstić information content (AvgIpc) is 3.17. The van der Waals surface area contributed by atoms with Gasteiger partial charge in [-0.1, -0.05) is 26.0 Å². The van der Waals surface area contributed by atoms with Gasteiger partial charge in [0.2, 0.25) is 0 Å². The molecular weight excluding hydrogens is 250 g/mol. The van der Waals surface area contributed by atoms with E-state index in [1.165, 1.54) is 18.4 Å². The first-order valence-corrected chi connectivity index (χ1v) is 7.89. The van der Waals surface area contributed by atoms with E-state index in [1.54, 1.807) is 0 Å². The molecule has 0 spiro atoms. The fraction of sp³-hybridized carbons (Fsp3) is 0.647. The van der Waals surface area contributed by atoms with Crippen molar-refractivity contribution in [3.63, 3.8) is 0 Å². The molecule has 1 aromatic carbocycles. The molecule has 3 heteroatoms. The van der Waals surface area contributed by atoms with E-state index < -0.39 is 0 Å². The molecule has 1 heterocycles. The van der Waals surface area contributed by atoms with Crippen molar-refractivity contribution in [2.75, 3.05) is 13.2 Å². The number of nitrogens with one attached hydrogen (secondary N) is 1. The normalized spacial score (nSPS) is 27.5. The number of likely N-dealkylation sites (N-methyl/N-ethyl adjacent to an activating group) is 1. The summed E-state index contributed by atoms with van der Waals surface area (Å²) < 4.78 is 11.8. The Kier molecular flexibility index (Phi) is 4.27. The fourth-order valence-corrected chi connectivity index (χ4v) is 2.92. The molecule has 0 radical (unpaired) electrons. The summed E-state index contributed by atoms with van der Waals surface area (Å²) >= 11 is 0. The predicted molar refractivity (Wildman–Crippen MR) is 80.0 cm³/mol. The van der Waals surface area contributed by atoms with Crippen LogP contribution in [0.4, 0.5) is 0 Å². The van der Waals surface area contributed by atoms with E-state index >= 15 is 0 Å². The average molecular weight is 275 g/mol. The van der Waals surface area contributed by atoms with Crippen LogP contribution in [0.2, 0.25) is 0 Å². The third-order valence-electron chi connectivity index (χ3n) is 4.26. The number of ether oxygens (including phenoxy) is 2. The van der Waals surface area contributed by atoms with E-state index in [-0.39, 0.29) is 12.1 Å². The van der Waals surface area contributed by atoms with Gasteiger partial charge in [0, 0.05) is 6.61 Å². The second kappa shape index (κ2) is 6.15. The highest BCUT2D eigenvalue weighted by Crippen LogP contribution is 2.33. The van der Waals surface area contributed by atoms with Crippen molar-refractivity contribution in [2.24, 2.45) is 5.92 Å². The maximum absolute atomic E-state index is 5.95. The first-order chi connectivity index (χ1) is 9.78. The summed E-state index contributed by atoms with van der Waals surface area (Å²) in [5.74, 6) is 1.60. The van der Waals surface area contributed by atoms with Crippen molar-refractivity contribution in [1.82, 2.24) is 5.32 Å². The van der Waals surface area contributed by atoms with Crippen LogP contribution >= 0.6 is 0 Å². The SMILES string of the molecule is CCNC(c1ccc(OC2CC2)cc1)C1OCCC1C. The lowest BCUT2D eigenvalue weighted by Gasteiger charge is -2.27. The van der Waals surface area contributed by atoms with Crippen LogP contribution in [0.15, 0.2) is 24.3 Å². The summed E-state index contributed by atoms with van der Waals surface area (Å²) in [7, 11) is 0. The van der Waals surface area contributed by atoms with E-state index in [4.69, 9.17) is 9.47 Å². The number of rotatable bonds is 6. The molecule has 1 saturated carbocycles. The topological polar surface area (TPSA) is 30.5 Å². The van der Waals surface area contributed by atoms with Crippen molar-refractivity contribution >= 4 is 0 Å². The van der Waals surface area contributed by atoms with E-state index in [2.05, 4.69) is 43.4 Å². The molecule has 1 saturated heterocycles. The van der Waals surface area contributed by atoms with Gasteiger partial charge < -0.3 is 14.8 Å². The fourth-order valence-electron chi connectivity index (χ4n) is 2.92. The maximum Gasteiger partial charge on any atom is 0.119 e. The smallest absolute Gasteiger partial charge is 0.119 e. The largest absolute Gasteiger partial charge is 0.490 e. The Morgan fingerprint density at radius 2 is 2.00 bits per heavy atom. The van der Waals surface area contributed by atoms with Gasteiger partial charge in [-0.25, -0.2) is 0 Å². The van der Waals surface area contributed by atoms with Gasteiger partial charge >= 0.3 is 0 Å². The molecule has 2 aliphatic rings. The van der Waals surface area contributed by atoms with Crippen LogP contribution in [0.25, 0.3) is 0 Å². The Bertz CT molecular complexity index is 427. The molecule has 0 bridgehead atoms. The molecule has 20 heavy (non-hydrogen) atoms. The lowest BCUT2D eigenvalue weighted by molar-refractivity contribution is 0.0612. The molecule has 3 nitrogen and oxygen atoms in total. The van der Waals surface area contributed by atoms with Crippen molar-refractivity contribution in [1.29, 1.82) is 0 Å². The quantitative estimate of drug-likeness (QED) is 0.864. The Morgan fingerprint density at radius 3 is 2.55 bits per heavy atom. The molecule has 110 valence electrons. The Morgan fingerprint density at radius 1 is 1.25 bits per heavy atom. The maximum atomic E-state index is 5.95. The van der Waals surface area contributed by atoms with Crippen LogP contribution in [0.3, 0.4) is 0 Å². The molecule has 3 atom stereocenters. The van der Waals surface area contributed by atoms with Crippen LogP contribution in [0.5, 0.6) is 5.75 Å². The van der Waals surface area contributed by atoms with E-state index in [0.717, 1.165) is 25.3 Å². The van der Waals surface area contributed by atoms with Gasteiger partial charge in [0.05, 0.1) is 18.2 Å². The van der Waals surface area contributed by atoms with Crippen LogP contribution in [-0.2, 0) is 4.74 Å². The standard InChI is InChI=1S/C17H25NO2/c1-3-18-16(17-12(2)10-11-19-17)13-4-6-14(7-5-13)20-15-8-9-15/h4-7,12,15-18H,3,8-11H2,1-2H3. The highest BCUT2D eigenvalue weighted by molar-refractivity contribution is 5.30. The van der Waals surface area contributed by atoms with Crippen molar-refractivity contribution in [2.45, 2.75) is 51.4 Å². The molecule has 2 fully saturated rings. The number of hydrogen-bond donors (Lipinski definition) is 1. The van der Waals surface area contributed by atoms with Crippen LogP contribution in [-0.4, -0.2) is 25.4 Å². The minimum absolute atomic E-state index is 0.283. The first kappa shape index (κ1) is 13.9. The predicted octanol–water partition coefficient (Wildman–Crippen LogP) is 3.30. The lowest BCUT2D eigenvalue weighted by atomic mass is 9.92. The molecule has 3 unspecified atom stereocenters. The van der Waals surface area contributed by atoms with Crippen molar-refractivity contribution < 1.29 is 9.47 Å². The van der Waals surface area contributed by atoms with E-state index in [9.17, 15) is 0 Å². The summed E-state index contributed by atoms with van der Waals surface area (Å²) in [6.07, 6.45) is 4.31. The molecule has 1 aliphatic carbocycles. The number of hydrogen-bond acceptors (Lipinski definition) is 3. The van der Waals surface area contributed by atoms with Crippen LogP contribution in [0.1, 0.15) is 44.7 Å². The third kappa shape index (κ3) is 3.15. The monoisotopic (exact) mass is 275 g/mol. The van der Waals surface area contributed by atoms with Gasteiger partial charge in [-0.2, -0.15) is 0 Å². The summed E-state index contributed by atoms with van der Waals surface area (Å²) in [5.41, 5.74) is 1.30. The van der Waals surface area contributed by atoms with Gasteiger partial charge in [0.15, 0.2) is 0 Å². The summed E-state index contributed by atoms with van der Waals surface area (Å²) in [4.78, 5) is 0. The Balaban J connectivity index is 1.72. The van der Waals surface area contributed by atoms with Crippen molar-refractivity contribution in [3.8, 4) is 5.75 Å². The van der Waals surface area contributed by atoms with Gasteiger partial charge in [-0.3, -0.25) is 0 Å². The molecule has 0 aromatic heterocycles. The molecule has 0 amide bonds. The Labute approximate surface area is 121 Å². The highest BCUT2D eigenvalue weighted by atomic mass is 16.5. The molecule has 1 aromatic rings. The van der Waals surface area contributed by atoms with Crippen LogP contribution in [0, 0.1) is 5.92 Å². The summed E-state index contributed by atoms with van der Waals surface area (Å²) in [5, 5.41) is 3.58. The molecule has 3 rings (SSSR count). The van der Waals surface area contributed by atoms with E-state index in [0.29, 0.717) is 12.0 Å². The summed E-state index contributed by atoms with van der Waals surface area (Å²) in [6.45, 7) is 6.28. The molecular formula is C17H25NO2. The lowest BCUT2D eigenvalue weighted by Crippen LogP contribution is -2.34. The van der Waals surface area contributed by atoms with Crippen LogP contribution < -0.4 is 10.1 Å². The zero-order valence-electron chi connectivity index (χ0n) is 12.5.